The van der Waals surface area contributed by atoms with Gasteiger partial charge in [-0.15, -0.1) is 0 Å². The summed E-state index contributed by atoms with van der Waals surface area (Å²) in [5, 5.41) is 0. The Balaban J connectivity index is 1.47. The van der Waals surface area contributed by atoms with Crippen LogP contribution in [0.4, 0.5) is 0 Å². The van der Waals surface area contributed by atoms with Gasteiger partial charge in [-0.05, 0) is 136 Å². The molecule has 0 amide bonds. The summed E-state index contributed by atoms with van der Waals surface area (Å²) >= 11 is 0. The number of hydrogen-bond acceptors (Lipinski definition) is 0. The Labute approximate surface area is 160 Å². The minimum atomic E-state index is 0.539. The van der Waals surface area contributed by atoms with Crippen LogP contribution in [0.25, 0.3) is 0 Å². The first-order chi connectivity index (χ1) is 12.5. The van der Waals surface area contributed by atoms with E-state index < -0.39 is 0 Å². The zero-order chi connectivity index (χ0) is 17.6. The number of rotatable bonds is 3. The maximum absolute atomic E-state index is 2.69. The molecule has 2 atom stereocenters. The molecule has 0 radical (unpaired) electrons. The highest BCUT2D eigenvalue weighted by atomic mass is 14.7. The lowest BCUT2D eigenvalue weighted by Gasteiger charge is -2.74. The average Bonchev–Trinajstić information content (AvgIpc) is 2.52. The number of hydrogen-bond donors (Lipinski definition) is 0. The van der Waals surface area contributed by atoms with Gasteiger partial charge in [-0.25, -0.2) is 0 Å². The van der Waals surface area contributed by atoms with Gasteiger partial charge in [0.1, 0.15) is 0 Å². The molecule has 0 N–H and O–H groups in total. The van der Waals surface area contributed by atoms with E-state index in [2.05, 4.69) is 38.2 Å². The molecule has 0 heterocycles. The topological polar surface area (TPSA) is 0 Å². The van der Waals surface area contributed by atoms with Gasteiger partial charge in [0.25, 0.3) is 0 Å². The summed E-state index contributed by atoms with van der Waals surface area (Å²) in [6.07, 6.45) is 29.0. The predicted octanol–water partition coefficient (Wildman–Crippen LogP) is 7.31. The molecule has 0 saturated heterocycles. The van der Waals surface area contributed by atoms with Gasteiger partial charge in [0.2, 0.25) is 0 Å². The summed E-state index contributed by atoms with van der Waals surface area (Å²) in [5.74, 6) is 4.31. The quantitative estimate of drug-likeness (QED) is 0.468. The molecule has 8 bridgehead atoms. The van der Waals surface area contributed by atoms with Crippen molar-refractivity contribution in [1.82, 2.24) is 0 Å². The number of allylic oxidation sites excluding steroid dienone is 4. The molecule has 0 aliphatic heterocycles. The van der Waals surface area contributed by atoms with Crippen LogP contribution in [0, 0.1) is 45.3 Å². The molecule has 8 aliphatic rings. The van der Waals surface area contributed by atoms with Crippen LogP contribution < -0.4 is 0 Å². The van der Waals surface area contributed by atoms with Gasteiger partial charge in [0.15, 0.2) is 0 Å². The Morgan fingerprint density at radius 2 is 1.00 bits per heavy atom. The van der Waals surface area contributed by atoms with Gasteiger partial charge in [0, 0.05) is 0 Å². The fraction of sp³-hybridized carbons (Fsp3) is 0.846. The predicted molar refractivity (Wildman–Crippen MR) is 109 cm³/mol. The highest BCUT2D eigenvalue weighted by Gasteiger charge is 2.69. The van der Waals surface area contributed by atoms with Gasteiger partial charge in [-0.3, -0.25) is 0 Å². The monoisotopic (exact) mass is 350 g/mol. The largest absolute Gasteiger partial charge is 0.0911 e. The Hall–Kier alpha value is -0.520. The van der Waals surface area contributed by atoms with Crippen LogP contribution in [0.2, 0.25) is 0 Å². The Morgan fingerprint density at radius 1 is 0.538 bits per heavy atom. The Morgan fingerprint density at radius 3 is 1.46 bits per heavy atom. The first-order valence-corrected chi connectivity index (χ1v) is 11.8. The zero-order valence-corrected chi connectivity index (χ0v) is 17.1. The third kappa shape index (κ3) is 2.03. The fourth-order valence-corrected chi connectivity index (χ4v) is 11.0. The van der Waals surface area contributed by atoms with Crippen LogP contribution in [0.15, 0.2) is 24.3 Å². The van der Waals surface area contributed by atoms with E-state index in [4.69, 9.17) is 0 Å². The maximum Gasteiger partial charge on any atom is -0.0102 e. The van der Waals surface area contributed by atoms with Crippen LogP contribution >= 0.6 is 0 Å². The van der Waals surface area contributed by atoms with Gasteiger partial charge in [-0.1, -0.05) is 24.3 Å². The SMILES string of the molecule is C/C=C\C12CC3CC(/C=C\C)(C1)CC(C14CC5CC(CC(C5)C1)C4)(C3)C2. The molecule has 142 valence electrons. The summed E-state index contributed by atoms with van der Waals surface area (Å²) in [6, 6.07) is 0. The molecule has 0 aromatic carbocycles. The van der Waals surface area contributed by atoms with Gasteiger partial charge >= 0.3 is 0 Å². The second kappa shape index (κ2) is 5.09. The summed E-state index contributed by atoms with van der Waals surface area (Å²) in [5.41, 5.74) is 2.50. The highest BCUT2D eigenvalue weighted by molar-refractivity contribution is 5.26. The van der Waals surface area contributed by atoms with E-state index >= 15 is 0 Å². The molecule has 0 aromatic rings. The molecule has 2 unspecified atom stereocenters. The molecule has 8 aliphatic carbocycles. The smallest absolute Gasteiger partial charge is 0.0102 e. The van der Waals surface area contributed by atoms with E-state index in [1.54, 1.807) is 57.8 Å². The third-order valence-electron chi connectivity index (χ3n) is 10.4. The van der Waals surface area contributed by atoms with E-state index in [1.807, 2.05) is 0 Å². The van der Waals surface area contributed by atoms with Crippen molar-refractivity contribution in [2.75, 3.05) is 0 Å². The molecule has 0 nitrogen and oxygen atoms in total. The molecule has 8 fully saturated rings. The first kappa shape index (κ1) is 16.4. The lowest BCUT2D eigenvalue weighted by Crippen LogP contribution is -2.64. The summed E-state index contributed by atoms with van der Waals surface area (Å²) in [4.78, 5) is 0. The summed E-state index contributed by atoms with van der Waals surface area (Å²) in [6.45, 7) is 4.55. The molecule has 0 heteroatoms. The van der Waals surface area contributed by atoms with E-state index in [1.165, 1.54) is 19.3 Å². The van der Waals surface area contributed by atoms with Gasteiger partial charge < -0.3 is 0 Å². The normalized spacial score (nSPS) is 59.9. The lowest BCUT2D eigenvalue weighted by molar-refractivity contribution is -0.226. The van der Waals surface area contributed by atoms with E-state index in [0.29, 0.717) is 16.2 Å². The molecular formula is C26H38. The Bertz CT molecular complexity index is 600. The standard InChI is InChI=1S/C26H38/c1-3-5-23-10-22-11-24(16-23,6-4-2)18-26(15-22,17-23)25-12-19-7-20(13-25)9-21(8-19)14-25/h3-6,19-22H,7-18H2,1-2H3/b5-3-,6-4-. The van der Waals surface area contributed by atoms with Gasteiger partial charge in [-0.2, -0.15) is 0 Å². The highest BCUT2D eigenvalue weighted by Crippen LogP contribution is 2.79. The van der Waals surface area contributed by atoms with Crippen LogP contribution in [-0.4, -0.2) is 0 Å². The van der Waals surface area contributed by atoms with Gasteiger partial charge in [0.05, 0.1) is 0 Å². The van der Waals surface area contributed by atoms with Crippen LogP contribution in [0.5, 0.6) is 0 Å². The molecule has 8 rings (SSSR count). The fourth-order valence-electron chi connectivity index (χ4n) is 11.0. The van der Waals surface area contributed by atoms with Crippen molar-refractivity contribution in [3.8, 4) is 0 Å². The van der Waals surface area contributed by atoms with Crippen molar-refractivity contribution in [3.63, 3.8) is 0 Å². The second-order valence-electron chi connectivity index (χ2n) is 12.2. The molecular weight excluding hydrogens is 312 g/mol. The molecule has 26 heavy (non-hydrogen) atoms. The van der Waals surface area contributed by atoms with E-state index in [-0.39, 0.29) is 0 Å². The lowest BCUT2D eigenvalue weighted by atomic mass is 9.30. The minimum Gasteiger partial charge on any atom is -0.0911 e. The average molecular weight is 351 g/mol. The molecule has 8 saturated carbocycles. The van der Waals surface area contributed by atoms with Crippen LogP contribution in [0.1, 0.15) is 90.9 Å². The first-order valence-electron chi connectivity index (χ1n) is 11.8. The summed E-state index contributed by atoms with van der Waals surface area (Å²) < 4.78 is 0. The van der Waals surface area contributed by atoms with Crippen molar-refractivity contribution >= 4 is 0 Å². The Kier molecular flexibility index (Phi) is 3.22. The van der Waals surface area contributed by atoms with E-state index in [0.717, 1.165) is 29.1 Å². The van der Waals surface area contributed by atoms with Crippen molar-refractivity contribution < 1.29 is 0 Å². The van der Waals surface area contributed by atoms with Crippen LogP contribution in [0.3, 0.4) is 0 Å². The van der Waals surface area contributed by atoms with E-state index in [9.17, 15) is 0 Å². The van der Waals surface area contributed by atoms with Crippen LogP contribution in [-0.2, 0) is 0 Å². The maximum atomic E-state index is 2.69. The van der Waals surface area contributed by atoms with Crippen molar-refractivity contribution in [2.45, 2.75) is 90.9 Å². The van der Waals surface area contributed by atoms with Crippen molar-refractivity contribution in [2.24, 2.45) is 45.3 Å². The third-order valence-corrected chi connectivity index (χ3v) is 10.4. The summed E-state index contributed by atoms with van der Waals surface area (Å²) in [7, 11) is 0. The second-order valence-corrected chi connectivity index (χ2v) is 12.2. The molecule has 0 spiro atoms. The van der Waals surface area contributed by atoms with Crippen molar-refractivity contribution in [3.05, 3.63) is 24.3 Å². The minimum absolute atomic E-state index is 0.539. The zero-order valence-electron chi connectivity index (χ0n) is 17.1. The van der Waals surface area contributed by atoms with Crippen molar-refractivity contribution in [1.29, 1.82) is 0 Å². The molecule has 0 aromatic heterocycles.